The van der Waals surface area contributed by atoms with E-state index in [-0.39, 0.29) is 5.57 Å². The lowest BCUT2D eigenvalue weighted by Gasteiger charge is -2.37. The number of allylic oxidation sites excluding steroid dienone is 1. The van der Waals surface area contributed by atoms with Crippen molar-refractivity contribution in [3.05, 3.63) is 42.0 Å². The third kappa shape index (κ3) is 2.51. The normalized spacial score (nSPS) is 18.2. The van der Waals surface area contributed by atoms with Crippen molar-refractivity contribution in [3.63, 3.8) is 0 Å². The van der Waals surface area contributed by atoms with Gasteiger partial charge >= 0.3 is 23.9 Å². The summed E-state index contributed by atoms with van der Waals surface area (Å²) in [6, 6.07) is 7.91. The van der Waals surface area contributed by atoms with Crippen LogP contribution in [0.25, 0.3) is 5.57 Å². The SMILES string of the molecule is O=C(O)C1(C(=O)O)C=C(c2ccccc2)CC(C(=O)O)(C(=O)O)C1. The maximum absolute atomic E-state index is 11.6. The predicted octanol–water partition coefficient (Wildman–Crippen LogP) is 1.18. The summed E-state index contributed by atoms with van der Waals surface area (Å²) in [7, 11) is 0. The molecule has 2 rings (SSSR count). The highest BCUT2D eigenvalue weighted by Crippen LogP contribution is 2.49. The van der Waals surface area contributed by atoms with Gasteiger partial charge in [-0.1, -0.05) is 36.4 Å². The maximum Gasteiger partial charge on any atom is 0.325 e. The van der Waals surface area contributed by atoms with Gasteiger partial charge < -0.3 is 20.4 Å². The molecule has 8 heteroatoms. The molecule has 0 aliphatic heterocycles. The Labute approximate surface area is 135 Å². The number of hydrogen-bond acceptors (Lipinski definition) is 4. The molecule has 126 valence electrons. The molecule has 8 nitrogen and oxygen atoms in total. The van der Waals surface area contributed by atoms with Crippen LogP contribution in [0.3, 0.4) is 0 Å². The van der Waals surface area contributed by atoms with E-state index in [1.807, 2.05) is 0 Å². The highest BCUT2D eigenvalue weighted by molar-refractivity contribution is 6.08. The molecule has 0 aromatic heterocycles. The van der Waals surface area contributed by atoms with Crippen molar-refractivity contribution in [1.29, 1.82) is 0 Å². The molecule has 0 bridgehead atoms. The molecule has 0 saturated carbocycles. The Morgan fingerprint density at radius 3 is 1.71 bits per heavy atom. The van der Waals surface area contributed by atoms with Crippen LogP contribution in [0.4, 0.5) is 0 Å². The zero-order valence-corrected chi connectivity index (χ0v) is 12.3. The van der Waals surface area contributed by atoms with Crippen LogP contribution in [-0.2, 0) is 19.2 Å². The lowest BCUT2D eigenvalue weighted by Crippen LogP contribution is -2.51. The zero-order valence-electron chi connectivity index (χ0n) is 12.3. The van der Waals surface area contributed by atoms with E-state index >= 15 is 0 Å². The number of carboxylic acid groups (broad SMARTS) is 4. The fourth-order valence-electron chi connectivity index (χ4n) is 2.86. The van der Waals surface area contributed by atoms with Gasteiger partial charge in [-0.2, -0.15) is 0 Å². The third-order valence-corrected chi connectivity index (χ3v) is 4.22. The van der Waals surface area contributed by atoms with Crippen LogP contribution in [0.1, 0.15) is 18.4 Å². The smallest absolute Gasteiger partial charge is 0.325 e. The fraction of sp³-hybridized carbons (Fsp3) is 0.250. The van der Waals surface area contributed by atoms with Gasteiger partial charge in [-0.05, 0) is 17.6 Å². The number of aliphatic carboxylic acids is 4. The summed E-state index contributed by atoms with van der Waals surface area (Å²) in [5, 5.41) is 37.7. The summed E-state index contributed by atoms with van der Waals surface area (Å²) in [4.78, 5) is 46.5. The number of benzene rings is 1. The Morgan fingerprint density at radius 2 is 1.29 bits per heavy atom. The van der Waals surface area contributed by atoms with Crippen LogP contribution in [0, 0.1) is 10.8 Å². The first-order chi connectivity index (χ1) is 11.2. The zero-order chi connectivity index (χ0) is 18.1. The second-order valence-corrected chi connectivity index (χ2v) is 5.66. The average Bonchev–Trinajstić information content (AvgIpc) is 2.54. The molecule has 1 aliphatic rings. The van der Waals surface area contributed by atoms with Crippen molar-refractivity contribution in [1.82, 2.24) is 0 Å². The minimum Gasteiger partial charge on any atom is -0.480 e. The summed E-state index contributed by atoms with van der Waals surface area (Å²) in [5.74, 6) is -7.17. The van der Waals surface area contributed by atoms with Gasteiger partial charge in [-0.25, -0.2) is 0 Å². The second kappa shape index (κ2) is 5.80. The molecule has 24 heavy (non-hydrogen) atoms. The molecule has 0 unspecified atom stereocenters. The molecule has 0 fully saturated rings. The molecular formula is C16H14O8. The van der Waals surface area contributed by atoms with Gasteiger partial charge in [-0.15, -0.1) is 0 Å². The van der Waals surface area contributed by atoms with E-state index in [4.69, 9.17) is 0 Å². The van der Waals surface area contributed by atoms with Crippen LogP contribution in [0.5, 0.6) is 0 Å². The van der Waals surface area contributed by atoms with Gasteiger partial charge in [0.25, 0.3) is 0 Å². The molecule has 1 aromatic carbocycles. The number of carboxylic acids is 4. The largest absolute Gasteiger partial charge is 0.480 e. The second-order valence-electron chi connectivity index (χ2n) is 5.66. The molecule has 0 spiro atoms. The molecule has 0 saturated heterocycles. The van der Waals surface area contributed by atoms with Gasteiger partial charge in [0.05, 0.1) is 0 Å². The van der Waals surface area contributed by atoms with E-state index in [1.54, 1.807) is 18.2 Å². The molecule has 0 heterocycles. The van der Waals surface area contributed by atoms with Gasteiger partial charge in [0.1, 0.15) is 0 Å². The Hall–Kier alpha value is -3.16. The maximum atomic E-state index is 11.6. The minimum absolute atomic E-state index is 0.0523. The lowest BCUT2D eigenvalue weighted by atomic mass is 9.62. The first-order valence-corrected chi connectivity index (χ1v) is 6.86. The highest BCUT2D eigenvalue weighted by atomic mass is 16.4. The number of rotatable bonds is 5. The third-order valence-electron chi connectivity index (χ3n) is 4.22. The van der Waals surface area contributed by atoms with Crippen molar-refractivity contribution in [3.8, 4) is 0 Å². The average molecular weight is 334 g/mol. The lowest BCUT2D eigenvalue weighted by molar-refractivity contribution is -0.173. The van der Waals surface area contributed by atoms with Crippen LogP contribution < -0.4 is 0 Å². The van der Waals surface area contributed by atoms with Crippen molar-refractivity contribution in [2.75, 3.05) is 0 Å². The van der Waals surface area contributed by atoms with Crippen molar-refractivity contribution in [2.45, 2.75) is 12.8 Å². The van der Waals surface area contributed by atoms with E-state index in [0.29, 0.717) is 5.56 Å². The van der Waals surface area contributed by atoms with E-state index in [9.17, 15) is 39.6 Å². The molecule has 1 aromatic rings. The predicted molar refractivity (Wildman–Crippen MR) is 79.1 cm³/mol. The fourth-order valence-corrected chi connectivity index (χ4v) is 2.86. The van der Waals surface area contributed by atoms with Crippen molar-refractivity contribution < 1.29 is 39.6 Å². The standard InChI is InChI=1S/C16H14O8/c17-11(18)15(12(19)20)6-10(9-4-2-1-3-5-9)7-16(8-15,13(21)22)14(23)24/h1-6H,7-8H2,(H,17,18)(H,19,20)(H,21,22)(H,23,24). The quantitative estimate of drug-likeness (QED) is 0.586. The van der Waals surface area contributed by atoms with Crippen LogP contribution >= 0.6 is 0 Å². The highest BCUT2D eigenvalue weighted by Gasteiger charge is 2.61. The van der Waals surface area contributed by atoms with E-state index in [0.717, 1.165) is 6.08 Å². The summed E-state index contributed by atoms with van der Waals surface area (Å²) >= 11 is 0. The van der Waals surface area contributed by atoms with Crippen molar-refractivity contribution >= 4 is 29.5 Å². The topological polar surface area (TPSA) is 149 Å². The van der Waals surface area contributed by atoms with E-state index in [2.05, 4.69) is 0 Å². The molecule has 0 atom stereocenters. The Bertz CT molecular complexity index is 719. The Kier molecular flexibility index (Phi) is 4.16. The first-order valence-electron chi connectivity index (χ1n) is 6.86. The van der Waals surface area contributed by atoms with Gasteiger partial charge in [0, 0.05) is 6.42 Å². The minimum atomic E-state index is -2.64. The summed E-state index contributed by atoms with van der Waals surface area (Å²) in [6.45, 7) is 0. The van der Waals surface area contributed by atoms with Crippen LogP contribution in [0.2, 0.25) is 0 Å². The summed E-state index contributed by atoms with van der Waals surface area (Å²) in [5.41, 5.74) is -4.76. The van der Waals surface area contributed by atoms with E-state index < -0.39 is 47.5 Å². The van der Waals surface area contributed by atoms with Crippen LogP contribution in [-0.4, -0.2) is 44.3 Å². The molecule has 0 amide bonds. The first kappa shape index (κ1) is 17.2. The summed E-state index contributed by atoms with van der Waals surface area (Å²) < 4.78 is 0. The van der Waals surface area contributed by atoms with Gasteiger partial charge in [0.2, 0.25) is 0 Å². The number of carbonyl (C=O) groups is 4. The Morgan fingerprint density at radius 1 is 0.792 bits per heavy atom. The summed E-state index contributed by atoms with van der Waals surface area (Å²) in [6.07, 6.45) is -0.646. The number of hydrogen-bond donors (Lipinski definition) is 4. The molecule has 1 aliphatic carbocycles. The molecular weight excluding hydrogens is 320 g/mol. The monoisotopic (exact) mass is 334 g/mol. The van der Waals surface area contributed by atoms with Crippen molar-refractivity contribution in [2.24, 2.45) is 10.8 Å². The van der Waals surface area contributed by atoms with Gasteiger partial charge in [0.15, 0.2) is 10.8 Å². The van der Waals surface area contributed by atoms with Gasteiger partial charge in [-0.3, -0.25) is 19.2 Å². The molecule has 4 N–H and O–H groups in total. The van der Waals surface area contributed by atoms with Crippen LogP contribution in [0.15, 0.2) is 36.4 Å². The molecule has 0 radical (unpaired) electrons. The van der Waals surface area contributed by atoms with E-state index in [1.165, 1.54) is 12.1 Å². The Balaban J connectivity index is 2.76.